The number of hydrogen-bond acceptors (Lipinski definition) is 2. The molecule has 0 spiro atoms. The van der Waals surface area contributed by atoms with Crippen LogP contribution in [0.25, 0.3) is 0 Å². The van der Waals surface area contributed by atoms with E-state index in [9.17, 15) is 9.90 Å². The Labute approximate surface area is 129 Å². The highest BCUT2D eigenvalue weighted by atomic mass is 35.5. The first kappa shape index (κ1) is 15.6. The van der Waals surface area contributed by atoms with E-state index in [0.29, 0.717) is 17.9 Å². The molecule has 0 saturated carbocycles. The van der Waals surface area contributed by atoms with Crippen molar-refractivity contribution < 1.29 is 9.90 Å². The van der Waals surface area contributed by atoms with Gasteiger partial charge in [-0.1, -0.05) is 48.9 Å². The van der Waals surface area contributed by atoms with Gasteiger partial charge in [-0.25, -0.2) is 0 Å². The van der Waals surface area contributed by atoms with Gasteiger partial charge in [0, 0.05) is 13.5 Å². The molecule has 1 heterocycles. The average Bonchev–Trinajstić information content (AvgIpc) is 2.74. The fourth-order valence-electron chi connectivity index (χ4n) is 2.42. The Bertz CT molecular complexity index is 623. The number of aromatic nitrogens is 2. The van der Waals surface area contributed by atoms with Crippen LogP contribution in [0.15, 0.2) is 30.3 Å². The molecule has 112 valence electrons. The summed E-state index contributed by atoms with van der Waals surface area (Å²) in [5.41, 5.74) is 2.62. The van der Waals surface area contributed by atoms with E-state index in [2.05, 4.69) is 5.10 Å². The van der Waals surface area contributed by atoms with Gasteiger partial charge < -0.3 is 5.11 Å². The SMILES string of the molecule is CCc1nn(C)c(CC(Cc2ccccc2)C(=O)O)c1Cl. The zero-order valence-corrected chi connectivity index (χ0v) is 13.0. The summed E-state index contributed by atoms with van der Waals surface area (Å²) in [4.78, 5) is 11.5. The van der Waals surface area contributed by atoms with Crippen LogP contribution in [-0.2, 0) is 31.1 Å². The molecule has 0 saturated heterocycles. The van der Waals surface area contributed by atoms with Gasteiger partial charge in [0.05, 0.1) is 22.3 Å². The standard InChI is InChI=1S/C16H19ClN2O2/c1-3-13-15(17)14(19(2)18-13)10-12(16(20)21)9-11-7-5-4-6-8-11/h4-8,12H,3,9-10H2,1-2H3,(H,20,21). The Balaban J connectivity index is 2.21. The van der Waals surface area contributed by atoms with Crippen LogP contribution in [0.4, 0.5) is 0 Å². The van der Waals surface area contributed by atoms with Crippen LogP contribution in [0, 0.1) is 5.92 Å². The number of aliphatic carboxylic acids is 1. The molecule has 0 aliphatic carbocycles. The van der Waals surface area contributed by atoms with Crippen LogP contribution >= 0.6 is 11.6 Å². The van der Waals surface area contributed by atoms with Crippen LogP contribution in [0.3, 0.4) is 0 Å². The minimum absolute atomic E-state index is 0.382. The third kappa shape index (κ3) is 3.64. The Morgan fingerprint density at radius 1 is 1.33 bits per heavy atom. The zero-order chi connectivity index (χ0) is 15.4. The minimum Gasteiger partial charge on any atom is -0.481 e. The summed E-state index contributed by atoms with van der Waals surface area (Å²) in [6.07, 6.45) is 1.61. The minimum atomic E-state index is -0.811. The maximum Gasteiger partial charge on any atom is 0.307 e. The van der Waals surface area contributed by atoms with Crippen LogP contribution < -0.4 is 0 Å². The lowest BCUT2D eigenvalue weighted by Crippen LogP contribution is -2.20. The summed E-state index contributed by atoms with van der Waals surface area (Å²) in [6, 6.07) is 9.64. The molecule has 21 heavy (non-hydrogen) atoms. The van der Waals surface area contributed by atoms with Crippen molar-refractivity contribution in [2.45, 2.75) is 26.2 Å². The lowest BCUT2D eigenvalue weighted by Gasteiger charge is -2.13. The van der Waals surface area contributed by atoms with Crippen molar-refractivity contribution in [1.29, 1.82) is 0 Å². The number of nitrogens with zero attached hydrogens (tertiary/aromatic N) is 2. The molecule has 5 heteroatoms. The predicted octanol–water partition coefficient (Wildman–Crippen LogP) is 3.12. The van der Waals surface area contributed by atoms with Crippen molar-refractivity contribution >= 4 is 17.6 Å². The van der Waals surface area contributed by atoms with Gasteiger partial charge in [-0.15, -0.1) is 0 Å². The van der Waals surface area contributed by atoms with E-state index in [1.54, 1.807) is 4.68 Å². The van der Waals surface area contributed by atoms with Gasteiger partial charge >= 0.3 is 5.97 Å². The first-order valence-corrected chi connectivity index (χ1v) is 7.37. The lowest BCUT2D eigenvalue weighted by molar-refractivity contribution is -0.141. The molecule has 0 aliphatic heterocycles. The zero-order valence-electron chi connectivity index (χ0n) is 12.2. The fraction of sp³-hybridized carbons (Fsp3) is 0.375. The van der Waals surface area contributed by atoms with Gasteiger partial charge in [0.15, 0.2) is 0 Å². The molecular weight excluding hydrogens is 288 g/mol. The van der Waals surface area contributed by atoms with Crippen LogP contribution in [0.2, 0.25) is 5.02 Å². The van der Waals surface area contributed by atoms with E-state index in [-0.39, 0.29) is 0 Å². The summed E-state index contributed by atoms with van der Waals surface area (Å²) in [5, 5.41) is 14.4. The number of halogens is 1. The third-order valence-corrected chi connectivity index (χ3v) is 4.05. The van der Waals surface area contributed by atoms with Crippen molar-refractivity contribution in [3.63, 3.8) is 0 Å². The number of carbonyl (C=O) groups is 1. The van der Waals surface area contributed by atoms with E-state index in [1.807, 2.05) is 44.3 Å². The molecule has 1 unspecified atom stereocenters. The summed E-state index contributed by atoms with van der Waals surface area (Å²) >= 11 is 6.31. The largest absolute Gasteiger partial charge is 0.481 e. The second kappa shape index (κ2) is 6.76. The molecule has 4 nitrogen and oxygen atoms in total. The summed E-state index contributed by atoms with van der Waals surface area (Å²) < 4.78 is 1.70. The van der Waals surface area contributed by atoms with Crippen molar-refractivity contribution in [2.24, 2.45) is 13.0 Å². The van der Waals surface area contributed by atoms with Gasteiger partial charge in [0.2, 0.25) is 0 Å². The van der Waals surface area contributed by atoms with E-state index in [4.69, 9.17) is 11.6 Å². The molecule has 2 rings (SSSR count). The molecule has 0 bridgehead atoms. The van der Waals surface area contributed by atoms with Crippen LogP contribution in [-0.4, -0.2) is 20.9 Å². The van der Waals surface area contributed by atoms with Gasteiger partial charge in [-0.3, -0.25) is 9.48 Å². The van der Waals surface area contributed by atoms with Crippen molar-refractivity contribution in [3.05, 3.63) is 52.3 Å². The monoisotopic (exact) mass is 306 g/mol. The Morgan fingerprint density at radius 2 is 2.00 bits per heavy atom. The quantitative estimate of drug-likeness (QED) is 0.892. The van der Waals surface area contributed by atoms with E-state index in [0.717, 1.165) is 23.4 Å². The van der Waals surface area contributed by atoms with Crippen molar-refractivity contribution in [2.75, 3.05) is 0 Å². The second-order valence-electron chi connectivity index (χ2n) is 5.11. The lowest BCUT2D eigenvalue weighted by atomic mass is 9.94. The highest BCUT2D eigenvalue weighted by Crippen LogP contribution is 2.25. The highest BCUT2D eigenvalue weighted by molar-refractivity contribution is 6.31. The highest BCUT2D eigenvalue weighted by Gasteiger charge is 2.23. The van der Waals surface area contributed by atoms with Gasteiger partial charge in [-0.05, 0) is 18.4 Å². The molecule has 0 amide bonds. The first-order chi connectivity index (χ1) is 10.0. The Morgan fingerprint density at radius 3 is 2.52 bits per heavy atom. The molecule has 1 N–H and O–H groups in total. The number of aryl methyl sites for hydroxylation is 2. The average molecular weight is 307 g/mol. The summed E-state index contributed by atoms with van der Waals surface area (Å²) in [5.74, 6) is -1.32. The van der Waals surface area contributed by atoms with Crippen LogP contribution in [0.1, 0.15) is 23.9 Å². The fourth-order valence-corrected chi connectivity index (χ4v) is 2.79. The first-order valence-electron chi connectivity index (χ1n) is 6.99. The van der Waals surface area contributed by atoms with Gasteiger partial charge in [-0.2, -0.15) is 5.10 Å². The van der Waals surface area contributed by atoms with E-state index < -0.39 is 11.9 Å². The molecule has 0 fully saturated rings. The molecule has 1 atom stereocenters. The topological polar surface area (TPSA) is 55.1 Å². The summed E-state index contributed by atoms with van der Waals surface area (Å²) in [7, 11) is 1.81. The smallest absolute Gasteiger partial charge is 0.307 e. The Kier molecular flexibility index (Phi) is 5.02. The number of benzene rings is 1. The van der Waals surface area contributed by atoms with Crippen LogP contribution in [0.5, 0.6) is 0 Å². The Hall–Kier alpha value is -1.81. The van der Waals surface area contributed by atoms with Crippen molar-refractivity contribution in [1.82, 2.24) is 9.78 Å². The van der Waals surface area contributed by atoms with Gasteiger partial charge in [0.1, 0.15) is 0 Å². The molecule has 0 aliphatic rings. The maximum atomic E-state index is 11.5. The molecule has 0 radical (unpaired) electrons. The number of rotatable bonds is 6. The number of carboxylic acids is 1. The third-order valence-electron chi connectivity index (χ3n) is 3.62. The normalized spacial score (nSPS) is 12.3. The number of hydrogen-bond donors (Lipinski definition) is 1. The number of carboxylic acid groups (broad SMARTS) is 1. The molecule has 1 aromatic heterocycles. The predicted molar refractivity (Wildman–Crippen MR) is 82.6 cm³/mol. The van der Waals surface area contributed by atoms with Crippen molar-refractivity contribution in [3.8, 4) is 0 Å². The molecular formula is C16H19ClN2O2. The van der Waals surface area contributed by atoms with E-state index in [1.165, 1.54) is 0 Å². The maximum absolute atomic E-state index is 11.5. The van der Waals surface area contributed by atoms with Gasteiger partial charge in [0.25, 0.3) is 0 Å². The molecule has 2 aromatic rings. The summed E-state index contributed by atoms with van der Waals surface area (Å²) in [6.45, 7) is 1.98. The van der Waals surface area contributed by atoms with E-state index >= 15 is 0 Å². The second-order valence-corrected chi connectivity index (χ2v) is 5.49. The molecule has 1 aromatic carbocycles.